The number of carbonyl (C=O) groups excluding carboxylic acids is 2. The van der Waals surface area contributed by atoms with Crippen molar-refractivity contribution in [3.05, 3.63) is 29.8 Å². The molecule has 2 bridgehead atoms. The summed E-state index contributed by atoms with van der Waals surface area (Å²) in [6.07, 6.45) is 3.08. The summed E-state index contributed by atoms with van der Waals surface area (Å²) in [5.41, 5.74) is 11.8. The second-order valence-electron chi connectivity index (χ2n) is 6.18. The first-order chi connectivity index (χ1) is 9.97. The van der Waals surface area contributed by atoms with E-state index < -0.39 is 0 Å². The minimum Gasteiger partial charge on any atom is -0.370 e. The standard InChI is InChI=1S/C15H18N4O2/c16-13(17)18-5-10-1-3-11(4-2-10)19-12(21)15-6-14(7-15,8-15)9-20/h1-4,9H,5-8H2,(H,19,21)(H4,16,17,18). The van der Waals surface area contributed by atoms with Gasteiger partial charge in [0.2, 0.25) is 5.91 Å². The molecular formula is C15H18N4O2. The molecule has 3 aliphatic carbocycles. The van der Waals surface area contributed by atoms with Crippen molar-refractivity contribution in [1.82, 2.24) is 0 Å². The van der Waals surface area contributed by atoms with Gasteiger partial charge in [-0.05, 0) is 37.0 Å². The summed E-state index contributed by atoms with van der Waals surface area (Å²) in [7, 11) is 0. The Hall–Kier alpha value is -2.37. The summed E-state index contributed by atoms with van der Waals surface area (Å²) in [5.74, 6) is 0.0725. The van der Waals surface area contributed by atoms with Crippen LogP contribution in [0.3, 0.4) is 0 Å². The van der Waals surface area contributed by atoms with Gasteiger partial charge in [-0.15, -0.1) is 0 Å². The molecule has 1 aromatic rings. The Morgan fingerprint density at radius 3 is 2.38 bits per heavy atom. The van der Waals surface area contributed by atoms with Crippen molar-refractivity contribution < 1.29 is 9.59 Å². The van der Waals surface area contributed by atoms with Crippen LogP contribution in [-0.4, -0.2) is 18.2 Å². The van der Waals surface area contributed by atoms with Crippen LogP contribution in [0.15, 0.2) is 29.3 Å². The summed E-state index contributed by atoms with van der Waals surface area (Å²) >= 11 is 0. The molecule has 0 atom stereocenters. The normalized spacial score (nSPS) is 28.8. The van der Waals surface area contributed by atoms with Crippen LogP contribution < -0.4 is 16.8 Å². The molecule has 0 heterocycles. The van der Waals surface area contributed by atoms with Gasteiger partial charge in [0.1, 0.15) is 6.29 Å². The zero-order valence-electron chi connectivity index (χ0n) is 11.6. The lowest BCUT2D eigenvalue weighted by Crippen LogP contribution is -2.67. The molecular weight excluding hydrogens is 268 g/mol. The molecule has 0 aliphatic heterocycles. The highest BCUT2D eigenvalue weighted by molar-refractivity contribution is 5.99. The van der Waals surface area contributed by atoms with Crippen LogP contribution >= 0.6 is 0 Å². The monoisotopic (exact) mass is 286 g/mol. The average Bonchev–Trinajstić information content (AvgIpc) is 2.35. The SMILES string of the molecule is NC(N)=NCc1ccc(NC(=O)C23CC(C=O)(C2)C3)cc1. The van der Waals surface area contributed by atoms with Crippen LogP contribution in [0.1, 0.15) is 24.8 Å². The predicted molar refractivity (Wildman–Crippen MR) is 79.4 cm³/mol. The highest BCUT2D eigenvalue weighted by Gasteiger charge is 2.71. The summed E-state index contributed by atoms with van der Waals surface area (Å²) < 4.78 is 0. The largest absolute Gasteiger partial charge is 0.370 e. The average molecular weight is 286 g/mol. The van der Waals surface area contributed by atoms with E-state index in [-0.39, 0.29) is 22.7 Å². The van der Waals surface area contributed by atoms with Crippen molar-refractivity contribution in [2.45, 2.75) is 25.8 Å². The number of carbonyl (C=O) groups is 2. The maximum atomic E-state index is 12.2. The van der Waals surface area contributed by atoms with E-state index in [9.17, 15) is 9.59 Å². The number of nitrogens with zero attached hydrogens (tertiary/aromatic N) is 1. The molecule has 0 spiro atoms. The first-order valence-electron chi connectivity index (χ1n) is 6.89. The van der Waals surface area contributed by atoms with Crippen LogP contribution in [0.25, 0.3) is 0 Å². The van der Waals surface area contributed by atoms with Gasteiger partial charge in [0.15, 0.2) is 5.96 Å². The van der Waals surface area contributed by atoms with Crippen LogP contribution in [-0.2, 0) is 16.1 Å². The first-order valence-corrected chi connectivity index (χ1v) is 6.89. The van der Waals surface area contributed by atoms with E-state index in [1.165, 1.54) is 0 Å². The minimum atomic E-state index is -0.308. The second kappa shape index (κ2) is 4.58. The fourth-order valence-electron chi connectivity index (χ4n) is 3.37. The van der Waals surface area contributed by atoms with E-state index >= 15 is 0 Å². The lowest BCUT2D eigenvalue weighted by Gasteiger charge is -2.66. The number of benzene rings is 1. The highest BCUT2D eigenvalue weighted by atomic mass is 16.2. The third-order valence-corrected chi connectivity index (χ3v) is 4.46. The van der Waals surface area contributed by atoms with Gasteiger partial charge < -0.3 is 21.6 Å². The van der Waals surface area contributed by atoms with Crippen molar-refractivity contribution in [2.24, 2.45) is 27.3 Å². The maximum Gasteiger partial charge on any atom is 0.230 e. The quantitative estimate of drug-likeness (QED) is 0.421. The fourth-order valence-corrected chi connectivity index (χ4v) is 3.37. The predicted octanol–water partition coefficient (Wildman–Crippen LogP) is 0.768. The molecule has 110 valence electrons. The van der Waals surface area contributed by atoms with Crippen molar-refractivity contribution in [1.29, 1.82) is 0 Å². The number of amides is 1. The molecule has 5 N–H and O–H groups in total. The molecule has 6 heteroatoms. The molecule has 0 radical (unpaired) electrons. The van der Waals surface area contributed by atoms with Crippen molar-refractivity contribution in [3.8, 4) is 0 Å². The Balaban J connectivity index is 1.58. The number of aldehydes is 1. The van der Waals surface area contributed by atoms with Crippen molar-refractivity contribution >= 4 is 23.8 Å². The zero-order valence-corrected chi connectivity index (χ0v) is 11.6. The van der Waals surface area contributed by atoms with Crippen molar-refractivity contribution in [3.63, 3.8) is 0 Å². The fraction of sp³-hybridized carbons (Fsp3) is 0.400. The van der Waals surface area contributed by atoms with Gasteiger partial charge in [-0.1, -0.05) is 12.1 Å². The van der Waals surface area contributed by atoms with Gasteiger partial charge in [0.05, 0.1) is 12.0 Å². The molecule has 6 nitrogen and oxygen atoms in total. The molecule has 21 heavy (non-hydrogen) atoms. The first kappa shape index (κ1) is 13.6. The molecule has 3 aliphatic rings. The lowest BCUT2D eigenvalue weighted by atomic mass is 9.35. The Bertz CT molecular complexity index is 597. The molecule has 3 fully saturated rings. The molecule has 0 unspecified atom stereocenters. The van der Waals surface area contributed by atoms with E-state index in [2.05, 4.69) is 10.3 Å². The van der Waals surface area contributed by atoms with Crippen LogP contribution in [0.4, 0.5) is 5.69 Å². The van der Waals surface area contributed by atoms with Crippen molar-refractivity contribution in [2.75, 3.05) is 5.32 Å². The Kier molecular flexibility index (Phi) is 2.97. The number of guanidine groups is 1. The highest BCUT2D eigenvalue weighted by Crippen LogP contribution is 2.72. The van der Waals surface area contributed by atoms with E-state index in [1.807, 2.05) is 24.3 Å². The van der Waals surface area contributed by atoms with Gasteiger partial charge >= 0.3 is 0 Å². The van der Waals surface area contributed by atoms with Gasteiger partial charge in [-0.2, -0.15) is 0 Å². The Morgan fingerprint density at radius 1 is 1.24 bits per heavy atom. The molecule has 4 rings (SSSR count). The lowest BCUT2D eigenvalue weighted by molar-refractivity contribution is -0.195. The summed E-state index contributed by atoms with van der Waals surface area (Å²) in [5, 5.41) is 2.92. The minimum absolute atomic E-state index is 0.0169. The molecule has 1 amide bonds. The summed E-state index contributed by atoms with van der Waals surface area (Å²) in [4.78, 5) is 27.0. The number of aliphatic imine (C=N–C) groups is 1. The van der Waals surface area contributed by atoms with Gasteiger partial charge in [-0.25, -0.2) is 4.99 Å². The third kappa shape index (κ3) is 2.26. The molecule has 0 saturated heterocycles. The third-order valence-electron chi connectivity index (χ3n) is 4.46. The topological polar surface area (TPSA) is 111 Å². The number of anilines is 1. The van der Waals surface area contributed by atoms with E-state index in [4.69, 9.17) is 11.5 Å². The van der Waals surface area contributed by atoms with Gasteiger partial charge in [-0.3, -0.25) is 4.79 Å². The maximum absolute atomic E-state index is 12.2. The zero-order chi connectivity index (χ0) is 15.1. The summed E-state index contributed by atoms with van der Waals surface area (Å²) in [6, 6.07) is 7.40. The van der Waals surface area contributed by atoms with Gasteiger partial charge in [0.25, 0.3) is 0 Å². The van der Waals surface area contributed by atoms with Crippen LogP contribution in [0, 0.1) is 10.8 Å². The second-order valence-corrected chi connectivity index (χ2v) is 6.18. The van der Waals surface area contributed by atoms with Gasteiger partial charge in [0, 0.05) is 11.1 Å². The molecule has 3 saturated carbocycles. The number of nitrogens with two attached hydrogens (primary N) is 2. The van der Waals surface area contributed by atoms with Crippen LogP contribution in [0.5, 0.6) is 0 Å². The Labute approximate surface area is 122 Å². The summed E-state index contributed by atoms with van der Waals surface area (Å²) in [6.45, 7) is 0.419. The van der Waals surface area contributed by atoms with E-state index in [0.717, 1.165) is 17.5 Å². The number of hydrogen-bond donors (Lipinski definition) is 3. The van der Waals surface area contributed by atoms with Crippen LogP contribution in [0.2, 0.25) is 0 Å². The molecule has 1 aromatic carbocycles. The number of rotatable bonds is 5. The smallest absolute Gasteiger partial charge is 0.230 e. The van der Waals surface area contributed by atoms with E-state index in [1.54, 1.807) is 0 Å². The number of nitrogens with one attached hydrogen (secondary N) is 1. The Morgan fingerprint density at radius 2 is 1.86 bits per heavy atom. The number of hydrogen-bond acceptors (Lipinski definition) is 3. The van der Waals surface area contributed by atoms with E-state index in [0.29, 0.717) is 25.8 Å². The molecule has 0 aromatic heterocycles.